The molecular formula is C16H26N3O3S2+. The number of ether oxygens (including phenoxy) is 1. The Morgan fingerprint density at radius 3 is 2.58 bits per heavy atom. The van der Waals surface area contributed by atoms with Gasteiger partial charge in [-0.25, -0.2) is 8.42 Å². The summed E-state index contributed by atoms with van der Waals surface area (Å²) in [7, 11) is -3.47. The van der Waals surface area contributed by atoms with Crippen molar-refractivity contribution in [3.8, 4) is 0 Å². The fourth-order valence-corrected chi connectivity index (χ4v) is 4.90. The van der Waals surface area contributed by atoms with Crippen molar-refractivity contribution in [1.82, 2.24) is 8.87 Å². The Bertz CT molecular complexity index is 718. The molecule has 6 nitrogen and oxygen atoms in total. The predicted molar refractivity (Wildman–Crippen MR) is 93.9 cm³/mol. The van der Waals surface area contributed by atoms with Crippen molar-refractivity contribution < 1.29 is 18.1 Å². The van der Waals surface area contributed by atoms with Crippen LogP contribution in [0.5, 0.6) is 0 Å². The molecule has 0 saturated carbocycles. The average molecular weight is 373 g/mol. The normalized spacial score (nSPS) is 26.4. The van der Waals surface area contributed by atoms with Gasteiger partial charge >= 0.3 is 0 Å². The molecule has 0 bridgehead atoms. The summed E-state index contributed by atoms with van der Waals surface area (Å²) < 4.78 is 34.9. The monoisotopic (exact) mass is 372 g/mol. The van der Waals surface area contributed by atoms with Crippen molar-refractivity contribution in [2.45, 2.75) is 31.3 Å². The van der Waals surface area contributed by atoms with Crippen LogP contribution in [0.2, 0.25) is 0 Å². The zero-order valence-electron chi connectivity index (χ0n) is 14.1. The van der Waals surface area contributed by atoms with Crippen LogP contribution in [0.25, 0.3) is 0 Å². The van der Waals surface area contributed by atoms with Gasteiger partial charge in [-0.1, -0.05) is 19.1 Å². The maximum absolute atomic E-state index is 12.8. The molecule has 0 radical (unpaired) electrons. The highest BCUT2D eigenvalue weighted by Gasteiger charge is 2.27. The van der Waals surface area contributed by atoms with E-state index in [2.05, 4.69) is 6.92 Å². The lowest BCUT2D eigenvalue weighted by Gasteiger charge is -2.28. The zero-order chi connectivity index (χ0) is 17.2. The van der Waals surface area contributed by atoms with Crippen LogP contribution >= 0.6 is 12.2 Å². The lowest BCUT2D eigenvalue weighted by molar-refractivity contribution is -0.928. The first kappa shape index (κ1) is 18.0. The van der Waals surface area contributed by atoms with Gasteiger partial charge in [-0.05, 0) is 30.9 Å². The Kier molecular flexibility index (Phi) is 5.71. The van der Waals surface area contributed by atoms with E-state index in [1.54, 1.807) is 18.3 Å². The van der Waals surface area contributed by atoms with Gasteiger partial charge in [-0.15, -0.1) is 0 Å². The quantitative estimate of drug-likeness (QED) is 0.783. The molecule has 8 heteroatoms. The van der Waals surface area contributed by atoms with E-state index in [4.69, 9.17) is 17.0 Å². The number of aromatic nitrogens is 1. The van der Waals surface area contributed by atoms with Crippen molar-refractivity contribution in [3.05, 3.63) is 23.0 Å². The van der Waals surface area contributed by atoms with E-state index < -0.39 is 10.0 Å². The summed E-state index contributed by atoms with van der Waals surface area (Å²) in [6.07, 6.45) is 4.14. The molecular weight excluding hydrogens is 346 g/mol. The lowest BCUT2D eigenvalue weighted by Crippen LogP contribution is -3.12. The topological polar surface area (TPSA) is 56.0 Å². The van der Waals surface area contributed by atoms with E-state index in [0.29, 0.717) is 35.8 Å². The minimum atomic E-state index is -3.47. The van der Waals surface area contributed by atoms with Crippen molar-refractivity contribution >= 4 is 22.2 Å². The highest BCUT2D eigenvalue weighted by Crippen LogP contribution is 2.17. The first-order valence-corrected chi connectivity index (χ1v) is 10.4. The highest BCUT2D eigenvalue weighted by molar-refractivity contribution is 7.89. The van der Waals surface area contributed by atoms with Gasteiger partial charge in [0.15, 0.2) is 6.67 Å². The second kappa shape index (κ2) is 7.61. The van der Waals surface area contributed by atoms with Gasteiger partial charge in [0.1, 0.15) is 4.64 Å². The third-order valence-electron chi connectivity index (χ3n) is 4.94. The Morgan fingerprint density at radius 2 is 1.92 bits per heavy atom. The third-order valence-corrected chi connectivity index (χ3v) is 7.19. The summed E-state index contributed by atoms with van der Waals surface area (Å²) in [5.41, 5.74) is 0. The molecule has 0 amide bonds. The van der Waals surface area contributed by atoms with Crippen LogP contribution in [0.15, 0.2) is 23.2 Å². The van der Waals surface area contributed by atoms with Gasteiger partial charge in [0.2, 0.25) is 10.0 Å². The maximum Gasteiger partial charge on any atom is 0.244 e. The fraction of sp³-hybridized carbons (Fsp3) is 0.688. The molecule has 2 fully saturated rings. The van der Waals surface area contributed by atoms with Crippen LogP contribution < -0.4 is 4.90 Å². The first-order chi connectivity index (χ1) is 11.5. The molecule has 2 aliphatic rings. The fourth-order valence-electron chi connectivity index (χ4n) is 3.29. The van der Waals surface area contributed by atoms with Crippen LogP contribution in [0.1, 0.15) is 19.8 Å². The number of sulfonamides is 1. The molecule has 0 atom stereocenters. The molecule has 1 aromatic rings. The van der Waals surface area contributed by atoms with Gasteiger partial charge < -0.3 is 9.64 Å². The number of nitrogens with zero attached hydrogens (tertiary/aromatic N) is 2. The second-order valence-electron chi connectivity index (χ2n) is 6.78. The summed E-state index contributed by atoms with van der Waals surface area (Å²) in [4.78, 5) is 1.79. The maximum atomic E-state index is 12.8. The number of piperidine rings is 1. The second-order valence-corrected chi connectivity index (χ2v) is 9.14. The number of hydrogen-bond acceptors (Lipinski definition) is 4. The summed E-state index contributed by atoms with van der Waals surface area (Å²) in [5, 5.41) is 0. The molecule has 1 N–H and O–H groups in total. The van der Waals surface area contributed by atoms with E-state index >= 15 is 0 Å². The molecule has 134 valence electrons. The standard InChI is InChI=1S/C16H25N3O3S2/c1-14-4-6-17(7-5-14)13-18-12-15(2-3-16(18)23)24(20,21)19-8-10-22-11-9-19/h2-3,12,14H,4-11,13H2,1H3/p+1. The summed E-state index contributed by atoms with van der Waals surface area (Å²) >= 11 is 5.40. The number of pyridine rings is 1. The first-order valence-electron chi connectivity index (χ1n) is 8.59. The number of likely N-dealkylation sites (tertiary alicyclic amines) is 1. The van der Waals surface area contributed by atoms with E-state index in [9.17, 15) is 8.42 Å². The van der Waals surface area contributed by atoms with Crippen molar-refractivity contribution in [3.63, 3.8) is 0 Å². The Morgan fingerprint density at radius 1 is 1.25 bits per heavy atom. The minimum absolute atomic E-state index is 0.322. The number of hydrogen-bond donors (Lipinski definition) is 1. The molecule has 2 saturated heterocycles. The summed E-state index contributed by atoms with van der Waals surface area (Å²) in [6.45, 7) is 6.98. The van der Waals surface area contributed by atoms with E-state index in [1.807, 2.05) is 4.57 Å². The van der Waals surface area contributed by atoms with Crippen molar-refractivity contribution in [2.24, 2.45) is 5.92 Å². The number of morpholine rings is 1. The molecule has 2 aliphatic heterocycles. The van der Waals surface area contributed by atoms with Crippen LogP contribution in [0, 0.1) is 10.6 Å². The van der Waals surface area contributed by atoms with Crippen LogP contribution in [-0.2, 0) is 21.4 Å². The van der Waals surface area contributed by atoms with Gasteiger partial charge in [0, 0.05) is 19.3 Å². The largest absolute Gasteiger partial charge is 0.379 e. The zero-order valence-corrected chi connectivity index (χ0v) is 15.7. The molecule has 3 rings (SSSR count). The van der Waals surface area contributed by atoms with E-state index in [-0.39, 0.29) is 0 Å². The summed E-state index contributed by atoms with van der Waals surface area (Å²) in [5.74, 6) is 0.787. The molecule has 0 unspecified atom stereocenters. The van der Waals surface area contributed by atoms with Crippen LogP contribution in [0.4, 0.5) is 0 Å². The smallest absolute Gasteiger partial charge is 0.244 e. The Balaban J connectivity index is 1.79. The minimum Gasteiger partial charge on any atom is -0.379 e. The molecule has 1 aromatic heterocycles. The van der Waals surface area contributed by atoms with Crippen molar-refractivity contribution in [1.29, 1.82) is 0 Å². The third kappa shape index (κ3) is 4.05. The van der Waals surface area contributed by atoms with E-state index in [1.165, 1.54) is 22.0 Å². The van der Waals surface area contributed by atoms with Crippen LogP contribution in [0.3, 0.4) is 0 Å². The van der Waals surface area contributed by atoms with Gasteiger partial charge in [0.05, 0.1) is 31.2 Å². The predicted octanol–water partition coefficient (Wildman–Crippen LogP) is 0.511. The molecule has 3 heterocycles. The number of nitrogens with one attached hydrogen (secondary N) is 1. The number of quaternary nitrogens is 1. The average Bonchev–Trinajstić information content (AvgIpc) is 2.59. The Hall–Kier alpha value is -0.800. The van der Waals surface area contributed by atoms with Gasteiger partial charge in [-0.3, -0.25) is 4.57 Å². The summed E-state index contributed by atoms with van der Waals surface area (Å²) in [6, 6.07) is 3.35. The molecule has 0 spiro atoms. The number of rotatable bonds is 4. The molecule has 24 heavy (non-hydrogen) atoms. The van der Waals surface area contributed by atoms with Crippen LogP contribution in [-0.4, -0.2) is 56.7 Å². The van der Waals surface area contributed by atoms with Gasteiger partial charge in [0.25, 0.3) is 0 Å². The Labute approximate surface area is 149 Å². The molecule has 0 aliphatic carbocycles. The van der Waals surface area contributed by atoms with Gasteiger partial charge in [-0.2, -0.15) is 4.31 Å². The molecule has 0 aromatic carbocycles. The lowest BCUT2D eigenvalue weighted by atomic mass is 10.00. The van der Waals surface area contributed by atoms with Crippen molar-refractivity contribution in [2.75, 3.05) is 39.4 Å². The highest BCUT2D eigenvalue weighted by atomic mass is 32.2. The SMILES string of the molecule is CC1CC[NH+](Cn2cc(S(=O)(=O)N3CCOCC3)ccc2=S)CC1. The van der Waals surface area contributed by atoms with E-state index in [0.717, 1.165) is 25.7 Å².